The number of rotatable bonds is 2. The monoisotopic (exact) mass is 300 g/mol. The fourth-order valence-corrected chi connectivity index (χ4v) is 2.67. The van der Waals surface area contributed by atoms with Crippen molar-refractivity contribution in [2.24, 2.45) is 0 Å². The Kier molecular flexibility index (Phi) is 3.39. The van der Waals surface area contributed by atoms with E-state index in [4.69, 9.17) is 16.3 Å². The van der Waals surface area contributed by atoms with Crippen molar-refractivity contribution in [1.82, 2.24) is 9.97 Å². The van der Waals surface area contributed by atoms with Crippen LogP contribution in [-0.2, 0) is 0 Å². The summed E-state index contributed by atoms with van der Waals surface area (Å²) in [5, 5.41) is 0.946. The van der Waals surface area contributed by atoms with Gasteiger partial charge < -0.3 is 9.72 Å². The molecule has 0 atom stereocenters. The van der Waals surface area contributed by atoms with Gasteiger partial charge in [0.1, 0.15) is 5.75 Å². The minimum atomic E-state index is -0.0706. The normalized spacial score (nSPS) is 10.8. The van der Waals surface area contributed by atoms with E-state index in [1.807, 2.05) is 13.0 Å². The van der Waals surface area contributed by atoms with E-state index in [0.717, 1.165) is 11.3 Å². The van der Waals surface area contributed by atoms with Crippen molar-refractivity contribution < 1.29 is 4.74 Å². The van der Waals surface area contributed by atoms with E-state index in [-0.39, 0.29) is 5.43 Å². The molecule has 3 aromatic rings. The van der Waals surface area contributed by atoms with Crippen molar-refractivity contribution in [2.75, 3.05) is 7.11 Å². The van der Waals surface area contributed by atoms with Gasteiger partial charge in [-0.3, -0.25) is 9.78 Å². The van der Waals surface area contributed by atoms with Crippen molar-refractivity contribution in [3.63, 3.8) is 0 Å². The highest BCUT2D eigenvalue weighted by molar-refractivity contribution is 6.32. The molecule has 0 aliphatic heterocycles. The molecule has 0 fully saturated rings. The molecule has 21 heavy (non-hydrogen) atoms. The van der Waals surface area contributed by atoms with E-state index in [9.17, 15) is 4.79 Å². The van der Waals surface area contributed by atoms with E-state index in [1.54, 1.807) is 37.7 Å². The predicted octanol–water partition coefficient (Wildman–Crippen LogP) is 3.56. The number of nitrogens with zero attached hydrogens (tertiary/aromatic N) is 1. The highest BCUT2D eigenvalue weighted by Crippen LogP contribution is 2.29. The maximum Gasteiger partial charge on any atom is 0.197 e. The number of aromatic amines is 1. The molecule has 106 valence electrons. The van der Waals surface area contributed by atoms with Crippen LogP contribution in [0.25, 0.3) is 22.0 Å². The molecule has 3 rings (SSSR count). The number of halogens is 1. The van der Waals surface area contributed by atoms with Gasteiger partial charge in [0.2, 0.25) is 0 Å². The largest absolute Gasteiger partial charge is 0.495 e. The Hall–Kier alpha value is -2.33. The molecule has 1 N–H and O–H groups in total. The first kappa shape index (κ1) is 13.6. The lowest BCUT2D eigenvalue weighted by molar-refractivity contribution is 0.415. The van der Waals surface area contributed by atoms with Crippen molar-refractivity contribution >= 4 is 22.5 Å². The zero-order chi connectivity index (χ0) is 15.0. The van der Waals surface area contributed by atoms with Crippen LogP contribution < -0.4 is 10.2 Å². The van der Waals surface area contributed by atoms with Crippen molar-refractivity contribution in [3.8, 4) is 16.9 Å². The first-order valence-electron chi connectivity index (χ1n) is 6.42. The number of ether oxygens (including phenoxy) is 1. The van der Waals surface area contributed by atoms with E-state index in [0.29, 0.717) is 27.2 Å². The Bertz CT molecular complexity index is 873. The predicted molar refractivity (Wildman–Crippen MR) is 84.1 cm³/mol. The van der Waals surface area contributed by atoms with Gasteiger partial charge in [-0.1, -0.05) is 17.7 Å². The Balaban J connectivity index is 2.37. The molecule has 0 aliphatic carbocycles. The lowest BCUT2D eigenvalue weighted by Crippen LogP contribution is -2.10. The number of methoxy groups -OCH3 is 1. The van der Waals surface area contributed by atoms with Gasteiger partial charge in [0.25, 0.3) is 0 Å². The Morgan fingerprint density at radius 2 is 2.14 bits per heavy atom. The third kappa shape index (κ3) is 2.28. The minimum absolute atomic E-state index is 0.0706. The van der Waals surface area contributed by atoms with Crippen molar-refractivity contribution in [2.45, 2.75) is 6.92 Å². The zero-order valence-electron chi connectivity index (χ0n) is 11.6. The topological polar surface area (TPSA) is 55.0 Å². The van der Waals surface area contributed by atoms with E-state index in [1.165, 1.54) is 0 Å². The van der Waals surface area contributed by atoms with Gasteiger partial charge >= 0.3 is 0 Å². The standard InChI is InChI=1S/C16H13ClN2O2/c1-9-15(10-4-3-5-18-8-10)16(20)11-6-12(17)14(21-2)7-13(11)19-9/h3-8H,1-2H3,(H,19,20). The number of H-pyrrole nitrogens is 1. The molecular formula is C16H13ClN2O2. The van der Waals surface area contributed by atoms with Gasteiger partial charge in [-0.15, -0.1) is 0 Å². The van der Waals surface area contributed by atoms with Crippen LogP contribution in [0.1, 0.15) is 5.69 Å². The van der Waals surface area contributed by atoms with Crippen LogP contribution in [0, 0.1) is 6.92 Å². The third-order valence-corrected chi connectivity index (χ3v) is 3.71. The first-order valence-corrected chi connectivity index (χ1v) is 6.80. The molecule has 2 heterocycles. The summed E-state index contributed by atoms with van der Waals surface area (Å²) < 4.78 is 5.18. The zero-order valence-corrected chi connectivity index (χ0v) is 12.4. The fraction of sp³-hybridized carbons (Fsp3) is 0.125. The minimum Gasteiger partial charge on any atom is -0.495 e. The summed E-state index contributed by atoms with van der Waals surface area (Å²) in [6.07, 6.45) is 3.35. The molecule has 0 saturated carbocycles. The molecule has 0 aliphatic rings. The highest BCUT2D eigenvalue weighted by Gasteiger charge is 2.13. The average molecular weight is 301 g/mol. The van der Waals surface area contributed by atoms with Crippen molar-refractivity contribution in [3.05, 3.63) is 57.6 Å². The molecule has 5 heteroatoms. The quantitative estimate of drug-likeness (QED) is 0.787. The lowest BCUT2D eigenvalue weighted by Gasteiger charge is -2.10. The molecule has 0 spiro atoms. The second-order valence-electron chi connectivity index (χ2n) is 4.73. The van der Waals surface area contributed by atoms with Crippen LogP contribution in [-0.4, -0.2) is 17.1 Å². The van der Waals surface area contributed by atoms with Crippen LogP contribution in [0.5, 0.6) is 5.75 Å². The van der Waals surface area contributed by atoms with E-state index >= 15 is 0 Å². The number of aromatic nitrogens is 2. The van der Waals surface area contributed by atoms with Crippen LogP contribution in [0.15, 0.2) is 41.5 Å². The summed E-state index contributed by atoms with van der Waals surface area (Å²) >= 11 is 6.12. The molecule has 0 unspecified atom stereocenters. The second kappa shape index (κ2) is 5.22. The molecule has 4 nitrogen and oxygen atoms in total. The van der Waals surface area contributed by atoms with Crippen molar-refractivity contribution in [1.29, 1.82) is 0 Å². The summed E-state index contributed by atoms with van der Waals surface area (Å²) in [6, 6.07) is 7.04. The smallest absolute Gasteiger partial charge is 0.197 e. The number of hydrogen-bond acceptors (Lipinski definition) is 3. The van der Waals surface area contributed by atoms with Gasteiger partial charge in [0, 0.05) is 35.1 Å². The molecule has 0 amide bonds. The van der Waals surface area contributed by atoms with E-state index < -0.39 is 0 Å². The average Bonchev–Trinajstić information content (AvgIpc) is 2.49. The highest BCUT2D eigenvalue weighted by atomic mass is 35.5. The van der Waals surface area contributed by atoms with Gasteiger partial charge in [0.15, 0.2) is 5.43 Å². The van der Waals surface area contributed by atoms with E-state index in [2.05, 4.69) is 9.97 Å². The molecule has 1 aromatic carbocycles. The maximum atomic E-state index is 12.8. The number of benzene rings is 1. The number of aryl methyl sites for hydroxylation is 1. The van der Waals surface area contributed by atoms with Gasteiger partial charge in [0.05, 0.1) is 23.2 Å². The Morgan fingerprint density at radius 3 is 2.81 bits per heavy atom. The maximum absolute atomic E-state index is 12.8. The van der Waals surface area contributed by atoms with Crippen LogP contribution in [0.2, 0.25) is 5.02 Å². The molecular weight excluding hydrogens is 288 g/mol. The molecule has 2 aromatic heterocycles. The number of pyridine rings is 2. The summed E-state index contributed by atoms with van der Waals surface area (Å²) in [7, 11) is 1.54. The fourth-order valence-electron chi connectivity index (χ4n) is 2.43. The number of fused-ring (bicyclic) bond motifs is 1. The van der Waals surface area contributed by atoms with Crippen LogP contribution >= 0.6 is 11.6 Å². The van der Waals surface area contributed by atoms with Crippen LogP contribution in [0.4, 0.5) is 0 Å². The molecule has 0 bridgehead atoms. The Labute approximate surface area is 126 Å². The third-order valence-electron chi connectivity index (χ3n) is 3.41. The Morgan fingerprint density at radius 1 is 1.33 bits per heavy atom. The first-order chi connectivity index (χ1) is 10.1. The van der Waals surface area contributed by atoms with Gasteiger partial charge in [-0.2, -0.15) is 0 Å². The summed E-state index contributed by atoms with van der Waals surface area (Å²) in [6.45, 7) is 1.87. The van der Waals surface area contributed by atoms with Gasteiger partial charge in [-0.25, -0.2) is 0 Å². The molecule has 0 radical (unpaired) electrons. The van der Waals surface area contributed by atoms with Gasteiger partial charge in [-0.05, 0) is 19.1 Å². The SMILES string of the molecule is COc1cc2[nH]c(C)c(-c3cccnc3)c(=O)c2cc1Cl. The number of nitrogens with one attached hydrogen (secondary N) is 1. The second-order valence-corrected chi connectivity index (χ2v) is 5.14. The lowest BCUT2D eigenvalue weighted by atomic mass is 10.0. The summed E-state index contributed by atoms with van der Waals surface area (Å²) in [5.41, 5.74) is 2.80. The summed E-state index contributed by atoms with van der Waals surface area (Å²) in [5.74, 6) is 0.536. The number of hydrogen-bond donors (Lipinski definition) is 1. The summed E-state index contributed by atoms with van der Waals surface area (Å²) in [4.78, 5) is 20.1. The molecule has 0 saturated heterocycles. The van der Waals surface area contributed by atoms with Crippen LogP contribution in [0.3, 0.4) is 0 Å².